The van der Waals surface area contributed by atoms with Crippen molar-refractivity contribution in [1.29, 1.82) is 0 Å². The summed E-state index contributed by atoms with van der Waals surface area (Å²) in [4.78, 5) is 48.4. The second-order valence-electron chi connectivity index (χ2n) is 17.8. The van der Waals surface area contributed by atoms with Crippen LogP contribution in [0.2, 0.25) is 0 Å². The molecule has 1 fully saturated rings. The number of fused-ring (bicyclic) bond motifs is 7. The standard InChI is InChI=1S/C50H65N4O6/c1-12-34-30(7)38-26-42-35(13-2)32(9)41(54(42)58)25-39-31(8)36(20-21-43(55)60-23-22-29(6)19-15-18-28(5)17-14-16-27(3)4)47(52-39)45-46(50(57)59-11)49(56)44-33(10)37(53-48(44)45)24-40(34)51-38/h13,22,24-28,31,36,46,51-53H,2,12,14-21,23H2,1,3-11H3/q-1/b29-22+,38-26-,39-25-,40-24-,47-45-/t28-,31+,36+,46-/m1/s1. The van der Waals surface area contributed by atoms with E-state index in [-0.39, 0.29) is 36.6 Å². The van der Waals surface area contributed by atoms with E-state index in [1.54, 1.807) is 6.08 Å². The Morgan fingerprint density at radius 2 is 1.70 bits per heavy atom. The number of carbonyl (C=O) groups excluding carboxylic acids is 3. The lowest BCUT2D eigenvalue weighted by Crippen LogP contribution is -2.25. The first-order valence-electron chi connectivity index (χ1n) is 22.0. The highest BCUT2D eigenvalue weighted by Gasteiger charge is 2.48. The smallest absolute Gasteiger partial charge is 0.321 e. The molecule has 8 bridgehead atoms. The van der Waals surface area contributed by atoms with Crippen molar-refractivity contribution in [2.24, 2.45) is 29.6 Å². The molecule has 0 amide bonds. The molecule has 3 aromatic heterocycles. The number of hydrogen-bond acceptors (Lipinski definition) is 7. The molecule has 322 valence electrons. The van der Waals surface area contributed by atoms with Gasteiger partial charge in [0, 0.05) is 74.1 Å². The molecule has 3 aliphatic rings. The van der Waals surface area contributed by atoms with Crippen LogP contribution in [0.4, 0.5) is 0 Å². The molecule has 2 aliphatic heterocycles. The number of esters is 2. The van der Waals surface area contributed by atoms with Crippen molar-refractivity contribution >= 4 is 47.6 Å². The number of ketones is 1. The molecule has 0 aromatic carbocycles. The number of hydrogen-bond donors (Lipinski definition) is 3. The van der Waals surface area contributed by atoms with Crippen molar-refractivity contribution in [1.82, 2.24) is 20.0 Å². The number of Topliss-reactive ketones (excluding diaryl/α,β-unsaturated/α-hetero) is 1. The fourth-order valence-corrected chi connectivity index (χ4v) is 9.56. The topological polar surface area (TPSA) is 141 Å². The first kappa shape index (κ1) is 44.3. The van der Waals surface area contributed by atoms with Crippen LogP contribution in [0, 0.1) is 55.6 Å². The number of allylic oxidation sites excluding steroid dienone is 3. The van der Waals surface area contributed by atoms with E-state index >= 15 is 0 Å². The average molecular weight is 818 g/mol. The number of aromatic amines is 2. The minimum absolute atomic E-state index is 0.124. The van der Waals surface area contributed by atoms with Gasteiger partial charge < -0.3 is 34.7 Å². The summed E-state index contributed by atoms with van der Waals surface area (Å²) in [5, 5.41) is 19.5. The van der Waals surface area contributed by atoms with Crippen LogP contribution in [-0.2, 0) is 25.5 Å². The monoisotopic (exact) mass is 817 g/mol. The van der Waals surface area contributed by atoms with Crippen molar-refractivity contribution < 1.29 is 23.9 Å². The molecule has 0 unspecified atom stereocenters. The number of nitrogens with one attached hydrogen (secondary N) is 3. The number of ether oxygens (including phenoxy) is 2. The summed E-state index contributed by atoms with van der Waals surface area (Å²) in [6, 6.07) is 0. The second kappa shape index (κ2) is 18.6. The molecule has 0 spiro atoms. The van der Waals surface area contributed by atoms with Gasteiger partial charge in [-0.15, -0.1) is 0 Å². The molecular weight excluding hydrogens is 753 g/mol. The van der Waals surface area contributed by atoms with Crippen molar-refractivity contribution in [3.8, 4) is 0 Å². The summed E-state index contributed by atoms with van der Waals surface area (Å²) < 4.78 is 12.0. The van der Waals surface area contributed by atoms with Crippen LogP contribution in [0.5, 0.6) is 0 Å². The maximum atomic E-state index is 14.4. The Morgan fingerprint density at radius 3 is 2.38 bits per heavy atom. The molecule has 3 N–H and O–H groups in total. The van der Waals surface area contributed by atoms with E-state index < -0.39 is 11.9 Å². The van der Waals surface area contributed by atoms with Crippen LogP contribution in [0.15, 0.2) is 29.6 Å². The third-order valence-electron chi connectivity index (χ3n) is 13.3. The molecule has 4 atom stereocenters. The van der Waals surface area contributed by atoms with E-state index in [4.69, 9.17) is 9.47 Å². The normalized spacial score (nSPS) is 22.1. The highest BCUT2D eigenvalue weighted by Crippen LogP contribution is 2.48. The Kier molecular flexibility index (Phi) is 13.7. The van der Waals surface area contributed by atoms with E-state index in [0.717, 1.165) is 79.8 Å². The van der Waals surface area contributed by atoms with Gasteiger partial charge in [0.05, 0.1) is 12.8 Å². The summed E-state index contributed by atoms with van der Waals surface area (Å²) >= 11 is 0. The predicted octanol–water partition coefficient (Wildman–Crippen LogP) is 9.09. The minimum atomic E-state index is -1.20. The highest BCUT2D eigenvalue weighted by molar-refractivity contribution is 6.24. The predicted molar refractivity (Wildman–Crippen MR) is 241 cm³/mol. The van der Waals surface area contributed by atoms with Crippen molar-refractivity contribution in [2.75, 3.05) is 13.7 Å². The van der Waals surface area contributed by atoms with Gasteiger partial charge >= 0.3 is 11.9 Å². The molecule has 10 nitrogen and oxygen atoms in total. The fraction of sp³-hybridized carbons (Fsp3) is 0.500. The van der Waals surface area contributed by atoms with Crippen LogP contribution in [0.1, 0.15) is 154 Å². The summed E-state index contributed by atoms with van der Waals surface area (Å²) in [5.41, 5.74) is 10.2. The summed E-state index contributed by atoms with van der Waals surface area (Å²) in [6.07, 6.45) is 17.8. The van der Waals surface area contributed by atoms with Crippen LogP contribution < -0.4 is 16.0 Å². The summed E-state index contributed by atoms with van der Waals surface area (Å²) in [6.45, 7) is 23.2. The van der Waals surface area contributed by atoms with Gasteiger partial charge in [-0.25, -0.2) is 0 Å². The molecule has 0 radical (unpaired) electrons. The van der Waals surface area contributed by atoms with Crippen molar-refractivity contribution in [3.63, 3.8) is 0 Å². The van der Waals surface area contributed by atoms with Gasteiger partial charge in [0.1, 0.15) is 12.5 Å². The largest absolute Gasteiger partial charge is 0.805 e. The number of H-pyrrole nitrogens is 2. The van der Waals surface area contributed by atoms with Gasteiger partial charge in [-0.2, -0.15) is 0 Å². The maximum Gasteiger partial charge on any atom is 0.321 e. The second-order valence-corrected chi connectivity index (χ2v) is 17.8. The van der Waals surface area contributed by atoms with E-state index in [2.05, 4.69) is 56.5 Å². The Morgan fingerprint density at radius 1 is 0.967 bits per heavy atom. The first-order chi connectivity index (χ1) is 28.6. The van der Waals surface area contributed by atoms with Gasteiger partial charge in [-0.1, -0.05) is 78.5 Å². The van der Waals surface area contributed by atoms with Crippen molar-refractivity contribution in [2.45, 2.75) is 120 Å². The number of rotatable bonds is 16. The molecule has 5 heterocycles. The highest BCUT2D eigenvalue weighted by atomic mass is 16.5. The maximum absolute atomic E-state index is 14.4. The molecule has 1 aliphatic carbocycles. The number of carbonyl (C=O) groups is 3. The van der Waals surface area contributed by atoms with Crippen LogP contribution in [-0.4, -0.2) is 46.1 Å². The third kappa shape index (κ3) is 8.66. The zero-order chi connectivity index (χ0) is 43.6. The quantitative estimate of drug-likeness (QED) is 0.0744. The van der Waals surface area contributed by atoms with Gasteiger partial charge in [0.25, 0.3) is 0 Å². The zero-order valence-corrected chi connectivity index (χ0v) is 37.4. The molecule has 10 heteroatoms. The Labute approximate surface area is 355 Å². The van der Waals surface area contributed by atoms with Gasteiger partial charge in [-0.3, -0.25) is 14.4 Å². The molecule has 3 aromatic rings. The van der Waals surface area contributed by atoms with Crippen LogP contribution >= 0.6 is 0 Å². The molecule has 1 saturated heterocycles. The van der Waals surface area contributed by atoms with Crippen molar-refractivity contribution in [3.05, 3.63) is 102 Å². The number of aromatic nitrogens is 3. The lowest BCUT2D eigenvalue weighted by atomic mass is 9.85. The average Bonchev–Trinajstić information content (AvgIpc) is 3.93. The first-order valence-corrected chi connectivity index (χ1v) is 22.0. The van der Waals surface area contributed by atoms with E-state index in [1.807, 2.05) is 52.0 Å². The number of nitrogens with zero attached hydrogens (tertiary/aromatic N) is 1. The third-order valence-corrected chi connectivity index (χ3v) is 13.3. The fourth-order valence-electron chi connectivity index (χ4n) is 9.56. The van der Waals surface area contributed by atoms with Gasteiger partial charge in [0.15, 0.2) is 5.78 Å². The van der Waals surface area contributed by atoms with Crippen LogP contribution in [0.3, 0.4) is 0 Å². The van der Waals surface area contributed by atoms with E-state index in [9.17, 15) is 19.6 Å². The number of methoxy groups -OCH3 is 1. The van der Waals surface area contributed by atoms with Gasteiger partial charge in [0.2, 0.25) is 0 Å². The molecule has 6 rings (SSSR count). The van der Waals surface area contributed by atoms with Crippen LogP contribution in [0.25, 0.3) is 29.9 Å². The lowest BCUT2D eigenvalue weighted by Gasteiger charge is -2.19. The lowest BCUT2D eigenvalue weighted by molar-refractivity contribution is -0.143. The van der Waals surface area contributed by atoms with E-state index in [0.29, 0.717) is 46.3 Å². The minimum Gasteiger partial charge on any atom is -0.805 e. The summed E-state index contributed by atoms with van der Waals surface area (Å²) in [7, 11) is 1.29. The Hall–Kier alpha value is -5.25. The molecule has 0 saturated carbocycles. The van der Waals surface area contributed by atoms with Gasteiger partial charge in [-0.05, 0) is 112 Å². The molecular formula is C50H65N4O6-. The zero-order valence-electron chi connectivity index (χ0n) is 37.4. The Balaban J connectivity index is 1.36. The summed E-state index contributed by atoms with van der Waals surface area (Å²) in [5.74, 6) is -1.60. The Bertz CT molecular complexity index is 2390. The van der Waals surface area contributed by atoms with E-state index in [1.165, 1.54) is 38.4 Å². The molecule has 60 heavy (non-hydrogen) atoms. The SMILES string of the molecule is C=Cc1c(C)c2n([O-])c1/C=c1\[nH]/c(c(CC)c1C)=C\c1[nH]c3c(c1C)C(=O)[C@H](C(=O)OC)/C3=C1/N/C(=C\2)[C@@H](C)[C@@H]1CCC(=O)OC/C=C(\C)CCC[C@H](C)CCCC(C)C.